The van der Waals surface area contributed by atoms with Crippen LogP contribution < -0.4 is 5.43 Å². The lowest BCUT2D eigenvalue weighted by Crippen LogP contribution is -2.16. The van der Waals surface area contributed by atoms with E-state index in [1.165, 1.54) is 13.3 Å². The zero-order chi connectivity index (χ0) is 13.0. The maximum absolute atomic E-state index is 10.8. The molecule has 2 aromatic rings. The van der Waals surface area contributed by atoms with E-state index < -0.39 is 6.09 Å². The highest BCUT2D eigenvalue weighted by atomic mass is 16.5. The van der Waals surface area contributed by atoms with Crippen molar-refractivity contribution in [3.8, 4) is 5.75 Å². The molecule has 0 aliphatic rings. The first-order valence-corrected chi connectivity index (χ1v) is 5.30. The molecule has 0 saturated heterocycles. The van der Waals surface area contributed by atoms with Crippen LogP contribution in [0.1, 0.15) is 5.56 Å². The second-order valence-electron chi connectivity index (χ2n) is 3.58. The van der Waals surface area contributed by atoms with E-state index >= 15 is 0 Å². The van der Waals surface area contributed by atoms with Crippen LogP contribution in [0.15, 0.2) is 41.5 Å². The van der Waals surface area contributed by atoms with Gasteiger partial charge in [0.25, 0.3) is 0 Å². The smallest absolute Gasteiger partial charge is 0.427 e. The minimum absolute atomic E-state index is 0.101. The number of hydrogen-bond acceptors (Lipinski definition) is 4. The number of rotatable bonds is 2. The number of nitrogens with zero attached hydrogens (tertiary/aromatic N) is 1. The zero-order valence-electron chi connectivity index (χ0n) is 9.75. The number of carbonyl (C=O) groups excluding carboxylic acids is 1. The Morgan fingerprint density at radius 3 is 2.89 bits per heavy atom. The summed E-state index contributed by atoms with van der Waals surface area (Å²) < 4.78 is 4.38. The Hall–Kier alpha value is -2.56. The van der Waals surface area contributed by atoms with Crippen molar-refractivity contribution in [2.75, 3.05) is 7.11 Å². The van der Waals surface area contributed by atoms with Gasteiger partial charge in [-0.05, 0) is 16.8 Å². The van der Waals surface area contributed by atoms with Crippen molar-refractivity contribution in [1.82, 2.24) is 5.43 Å². The first-order valence-electron chi connectivity index (χ1n) is 5.30. The summed E-state index contributed by atoms with van der Waals surface area (Å²) >= 11 is 0. The van der Waals surface area contributed by atoms with Crippen LogP contribution in [0.5, 0.6) is 5.75 Å². The second kappa shape index (κ2) is 5.18. The molecule has 0 spiro atoms. The van der Waals surface area contributed by atoms with E-state index in [4.69, 9.17) is 0 Å². The highest BCUT2D eigenvalue weighted by Crippen LogP contribution is 2.25. The van der Waals surface area contributed by atoms with E-state index in [9.17, 15) is 9.90 Å². The summed E-state index contributed by atoms with van der Waals surface area (Å²) in [6.07, 6.45) is 0.722. The molecule has 2 aromatic carbocycles. The van der Waals surface area contributed by atoms with E-state index in [1.807, 2.05) is 30.3 Å². The highest BCUT2D eigenvalue weighted by Gasteiger charge is 2.04. The summed E-state index contributed by atoms with van der Waals surface area (Å²) in [6, 6.07) is 11.0. The lowest BCUT2D eigenvalue weighted by molar-refractivity contribution is 0.171. The Kier molecular flexibility index (Phi) is 3.43. The molecule has 0 aliphatic heterocycles. The van der Waals surface area contributed by atoms with Gasteiger partial charge in [0.15, 0.2) is 0 Å². The molecule has 0 atom stereocenters. The molecule has 2 N–H and O–H groups in total. The van der Waals surface area contributed by atoms with Gasteiger partial charge in [-0.25, -0.2) is 10.2 Å². The summed E-state index contributed by atoms with van der Waals surface area (Å²) in [7, 11) is 1.25. The number of hydrogen-bond donors (Lipinski definition) is 2. The van der Waals surface area contributed by atoms with Crippen molar-refractivity contribution in [3.63, 3.8) is 0 Å². The maximum atomic E-state index is 10.8. The van der Waals surface area contributed by atoms with Gasteiger partial charge in [0.05, 0.1) is 13.3 Å². The third-order valence-corrected chi connectivity index (χ3v) is 2.48. The van der Waals surface area contributed by atoms with Crippen LogP contribution in [0.4, 0.5) is 4.79 Å². The number of amides is 1. The molecule has 2 rings (SSSR count). The van der Waals surface area contributed by atoms with Crippen LogP contribution in [-0.4, -0.2) is 24.5 Å². The molecule has 1 amide bonds. The van der Waals surface area contributed by atoms with Gasteiger partial charge in [0.1, 0.15) is 5.75 Å². The predicted molar refractivity (Wildman–Crippen MR) is 68.7 cm³/mol. The minimum Gasteiger partial charge on any atom is -0.507 e. The maximum Gasteiger partial charge on any atom is 0.427 e. The molecule has 0 aliphatic carbocycles. The Bertz CT molecular complexity index is 608. The van der Waals surface area contributed by atoms with Crippen molar-refractivity contribution in [1.29, 1.82) is 0 Å². The Balaban J connectivity index is 2.37. The number of phenols is 1. The van der Waals surface area contributed by atoms with Crippen LogP contribution in [0.3, 0.4) is 0 Å². The highest BCUT2D eigenvalue weighted by molar-refractivity contribution is 6.02. The molecule has 5 heteroatoms. The number of fused-ring (bicyclic) bond motifs is 1. The molecule has 0 aromatic heterocycles. The number of aromatic hydroxyl groups is 1. The lowest BCUT2D eigenvalue weighted by atomic mass is 10.0. The number of benzene rings is 2. The topological polar surface area (TPSA) is 70.9 Å². The number of nitrogens with one attached hydrogen (secondary N) is 1. The van der Waals surface area contributed by atoms with E-state index in [1.54, 1.807) is 6.07 Å². The fraction of sp³-hybridized carbons (Fsp3) is 0.0769. The molecule has 0 unspecified atom stereocenters. The molecule has 18 heavy (non-hydrogen) atoms. The largest absolute Gasteiger partial charge is 0.507 e. The van der Waals surface area contributed by atoms with Crippen molar-refractivity contribution >= 4 is 23.1 Å². The monoisotopic (exact) mass is 244 g/mol. The zero-order valence-corrected chi connectivity index (χ0v) is 9.75. The lowest BCUT2D eigenvalue weighted by Gasteiger charge is -2.04. The van der Waals surface area contributed by atoms with Crippen molar-refractivity contribution in [2.45, 2.75) is 0 Å². The van der Waals surface area contributed by atoms with Gasteiger partial charge in [-0.2, -0.15) is 5.10 Å². The standard InChI is InChI=1S/C13H12N2O3/c1-18-13(17)15-14-8-11-10-5-3-2-4-9(10)6-7-12(11)16/h2-8,16H,1H3,(H,15,17)/b14-8-. The van der Waals surface area contributed by atoms with Crippen LogP contribution in [0, 0.1) is 0 Å². The summed E-state index contributed by atoms with van der Waals surface area (Å²) in [5, 5.41) is 15.3. The molecule has 0 radical (unpaired) electrons. The Morgan fingerprint density at radius 1 is 1.33 bits per heavy atom. The SMILES string of the molecule is COC(=O)N/N=C\c1c(O)ccc2ccccc12. The fourth-order valence-corrected chi connectivity index (χ4v) is 1.61. The predicted octanol–water partition coefficient (Wildman–Crippen LogP) is 2.24. The van der Waals surface area contributed by atoms with Crippen molar-refractivity contribution in [2.24, 2.45) is 5.10 Å². The van der Waals surface area contributed by atoms with Gasteiger partial charge in [-0.1, -0.05) is 30.3 Å². The quantitative estimate of drug-likeness (QED) is 0.628. The third kappa shape index (κ3) is 2.40. The van der Waals surface area contributed by atoms with Gasteiger partial charge in [0.2, 0.25) is 0 Å². The van der Waals surface area contributed by atoms with Gasteiger partial charge in [-0.3, -0.25) is 0 Å². The normalized spacial score (nSPS) is 10.7. The first kappa shape index (κ1) is 11.9. The van der Waals surface area contributed by atoms with E-state index in [0.717, 1.165) is 10.8 Å². The molecule has 0 saturated carbocycles. The van der Waals surface area contributed by atoms with Crippen LogP contribution in [0.25, 0.3) is 10.8 Å². The molecule has 92 valence electrons. The molecule has 0 fully saturated rings. The van der Waals surface area contributed by atoms with Crippen molar-refractivity contribution < 1.29 is 14.6 Å². The third-order valence-electron chi connectivity index (χ3n) is 2.48. The summed E-state index contributed by atoms with van der Waals surface area (Å²) in [5.74, 6) is 0.101. The molecule has 0 bridgehead atoms. The molecular weight excluding hydrogens is 232 g/mol. The molecule has 0 heterocycles. The number of phenolic OH excluding ortho intramolecular Hbond substituents is 1. The number of ether oxygens (including phenoxy) is 1. The first-order chi connectivity index (χ1) is 8.72. The summed E-state index contributed by atoms with van der Waals surface area (Å²) in [6.45, 7) is 0. The minimum atomic E-state index is -0.661. The van der Waals surface area contributed by atoms with Gasteiger partial charge >= 0.3 is 6.09 Å². The average molecular weight is 244 g/mol. The number of carbonyl (C=O) groups is 1. The van der Waals surface area contributed by atoms with Gasteiger partial charge in [0, 0.05) is 5.56 Å². The van der Waals surface area contributed by atoms with Crippen LogP contribution >= 0.6 is 0 Å². The van der Waals surface area contributed by atoms with E-state index in [2.05, 4.69) is 15.3 Å². The summed E-state index contributed by atoms with van der Waals surface area (Å²) in [4.78, 5) is 10.8. The average Bonchev–Trinajstić information content (AvgIpc) is 2.41. The van der Waals surface area contributed by atoms with E-state index in [-0.39, 0.29) is 5.75 Å². The van der Waals surface area contributed by atoms with Gasteiger partial charge in [-0.15, -0.1) is 0 Å². The van der Waals surface area contributed by atoms with Crippen LogP contribution in [0.2, 0.25) is 0 Å². The van der Waals surface area contributed by atoms with E-state index in [0.29, 0.717) is 5.56 Å². The Morgan fingerprint density at radius 2 is 2.11 bits per heavy atom. The molecule has 5 nitrogen and oxygen atoms in total. The van der Waals surface area contributed by atoms with Gasteiger partial charge < -0.3 is 9.84 Å². The number of methoxy groups -OCH3 is 1. The van der Waals surface area contributed by atoms with Crippen molar-refractivity contribution in [3.05, 3.63) is 42.0 Å². The summed E-state index contributed by atoms with van der Waals surface area (Å²) in [5.41, 5.74) is 2.72. The fourth-order valence-electron chi connectivity index (χ4n) is 1.61. The second-order valence-corrected chi connectivity index (χ2v) is 3.58. The Labute approximate surface area is 104 Å². The van der Waals surface area contributed by atoms with Crippen LogP contribution in [-0.2, 0) is 4.74 Å². The molecular formula is C13H12N2O3. The number of hydrazone groups is 1.